The molecule has 0 aromatic heterocycles. The zero-order valence-electron chi connectivity index (χ0n) is 8.65. The van der Waals surface area contributed by atoms with Crippen molar-refractivity contribution in [3.05, 3.63) is 35.9 Å². The van der Waals surface area contributed by atoms with Crippen LogP contribution in [0.4, 0.5) is 0 Å². The number of thiocarbonyl (C=S) groups is 1. The van der Waals surface area contributed by atoms with E-state index in [9.17, 15) is 0 Å². The Morgan fingerprint density at radius 3 is 2.60 bits per heavy atom. The number of hydrogen-bond acceptors (Lipinski definition) is 1. The Bertz CT molecular complexity index is 333. The van der Waals surface area contributed by atoms with Crippen molar-refractivity contribution in [1.29, 1.82) is 0 Å². The van der Waals surface area contributed by atoms with Gasteiger partial charge in [0.25, 0.3) is 0 Å². The molecular weight excluding hydrogens is 204 g/mol. The molecule has 15 heavy (non-hydrogen) atoms. The first-order valence-corrected chi connectivity index (χ1v) is 5.77. The van der Waals surface area contributed by atoms with Gasteiger partial charge in [0.05, 0.1) is 6.04 Å². The van der Waals surface area contributed by atoms with Crippen molar-refractivity contribution in [2.45, 2.75) is 25.3 Å². The first kappa shape index (κ1) is 10.4. The standard InChI is InChI=1S/C12H16N2S/c13-12(15)14-11(8-9-6-7-9)10-4-2-1-3-5-10/h1-5,9,11H,6-8H2,(H3,13,14,15). The van der Waals surface area contributed by atoms with Gasteiger partial charge in [-0.2, -0.15) is 0 Å². The Kier molecular flexibility index (Phi) is 3.21. The quantitative estimate of drug-likeness (QED) is 0.765. The lowest BCUT2D eigenvalue weighted by atomic mass is 10.0. The predicted molar refractivity (Wildman–Crippen MR) is 66.4 cm³/mol. The molecule has 0 saturated heterocycles. The Morgan fingerprint density at radius 1 is 1.40 bits per heavy atom. The van der Waals surface area contributed by atoms with Gasteiger partial charge in [-0.1, -0.05) is 43.2 Å². The van der Waals surface area contributed by atoms with Crippen LogP contribution in [-0.4, -0.2) is 5.11 Å². The van der Waals surface area contributed by atoms with Gasteiger partial charge >= 0.3 is 0 Å². The molecule has 1 aliphatic carbocycles. The number of rotatable bonds is 4. The summed E-state index contributed by atoms with van der Waals surface area (Å²) in [5.41, 5.74) is 6.82. The smallest absolute Gasteiger partial charge is 0.164 e. The van der Waals surface area contributed by atoms with E-state index in [1.54, 1.807) is 0 Å². The molecule has 2 rings (SSSR count). The van der Waals surface area contributed by atoms with Gasteiger partial charge in [-0.05, 0) is 30.1 Å². The van der Waals surface area contributed by atoms with Crippen molar-refractivity contribution in [2.75, 3.05) is 0 Å². The first-order chi connectivity index (χ1) is 7.25. The lowest BCUT2D eigenvalue weighted by Crippen LogP contribution is -2.33. The molecule has 3 N–H and O–H groups in total. The molecular formula is C12H16N2S. The van der Waals surface area contributed by atoms with Crippen LogP contribution in [0.3, 0.4) is 0 Å². The van der Waals surface area contributed by atoms with Crippen LogP contribution in [0.25, 0.3) is 0 Å². The maximum absolute atomic E-state index is 5.55. The topological polar surface area (TPSA) is 38.0 Å². The summed E-state index contributed by atoms with van der Waals surface area (Å²) < 4.78 is 0. The molecule has 1 fully saturated rings. The number of hydrogen-bond donors (Lipinski definition) is 2. The van der Waals surface area contributed by atoms with Crippen molar-refractivity contribution in [2.24, 2.45) is 11.7 Å². The molecule has 0 bridgehead atoms. The average Bonchev–Trinajstić information content (AvgIpc) is 3.01. The van der Waals surface area contributed by atoms with Gasteiger partial charge in [-0.15, -0.1) is 0 Å². The molecule has 1 aliphatic rings. The number of nitrogens with two attached hydrogens (primary N) is 1. The fraction of sp³-hybridized carbons (Fsp3) is 0.417. The van der Waals surface area contributed by atoms with Crippen LogP contribution < -0.4 is 11.1 Å². The monoisotopic (exact) mass is 220 g/mol. The van der Waals surface area contributed by atoms with Crippen LogP contribution in [0.5, 0.6) is 0 Å². The summed E-state index contributed by atoms with van der Waals surface area (Å²) in [5, 5.41) is 3.57. The fourth-order valence-corrected chi connectivity index (χ4v) is 1.96. The minimum absolute atomic E-state index is 0.288. The fourth-order valence-electron chi connectivity index (χ4n) is 1.82. The summed E-state index contributed by atoms with van der Waals surface area (Å²) in [5.74, 6) is 0.858. The Labute approximate surface area is 95.9 Å². The van der Waals surface area contributed by atoms with E-state index in [4.69, 9.17) is 18.0 Å². The Morgan fingerprint density at radius 2 is 2.07 bits per heavy atom. The summed E-state index contributed by atoms with van der Waals surface area (Å²) in [6, 6.07) is 10.7. The number of benzene rings is 1. The largest absolute Gasteiger partial charge is 0.376 e. The van der Waals surface area contributed by atoms with E-state index in [1.807, 2.05) is 6.07 Å². The predicted octanol–water partition coefficient (Wildman–Crippen LogP) is 2.36. The van der Waals surface area contributed by atoms with E-state index in [-0.39, 0.29) is 6.04 Å². The van der Waals surface area contributed by atoms with Gasteiger partial charge in [0.1, 0.15) is 0 Å². The lowest BCUT2D eigenvalue weighted by Gasteiger charge is -2.18. The highest BCUT2D eigenvalue weighted by Gasteiger charge is 2.26. The molecule has 0 aliphatic heterocycles. The summed E-state index contributed by atoms with van der Waals surface area (Å²) in [4.78, 5) is 0. The van der Waals surface area contributed by atoms with E-state index in [0.717, 1.165) is 12.3 Å². The molecule has 1 saturated carbocycles. The molecule has 2 nitrogen and oxygen atoms in total. The van der Waals surface area contributed by atoms with Crippen molar-refractivity contribution < 1.29 is 0 Å². The average molecular weight is 220 g/mol. The van der Waals surface area contributed by atoms with Crippen molar-refractivity contribution in [3.8, 4) is 0 Å². The molecule has 0 heterocycles. The maximum atomic E-state index is 5.55. The molecule has 1 aromatic carbocycles. The summed E-state index contributed by atoms with van der Waals surface area (Å²) >= 11 is 4.91. The van der Waals surface area contributed by atoms with Crippen LogP contribution in [0.2, 0.25) is 0 Å². The lowest BCUT2D eigenvalue weighted by molar-refractivity contribution is 0.550. The van der Waals surface area contributed by atoms with E-state index < -0.39 is 0 Å². The third-order valence-corrected chi connectivity index (χ3v) is 2.90. The van der Waals surface area contributed by atoms with Crippen molar-refractivity contribution in [1.82, 2.24) is 5.32 Å². The van der Waals surface area contributed by atoms with Crippen LogP contribution in [-0.2, 0) is 0 Å². The van der Waals surface area contributed by atoms with Crippen molar-refractivity contribution in [3.63, 3.8) is 0 Å². The number of nitrogens with one attached hydrogen (secondary N) is 1. The summed E-state index contributed by atoms with van der Waals surface area (Å²) in [6.45, 7) is 0. The van der Waals surface area contributed by atoms with Crippen molar-refractivity contribution >= 4 is 17.3 Å². The van der Waals surface area contributed by atoms with E-state index in [0.29, 0.717) is 5.11 Å². The molecule has 3 heteroatoms. The Hall–Kier alpha value is -1.09. The molecule has 0 spiro atoms. The van der Waals surface area contributed by atoms with Crippen LogP contribution in [0, 0.1) is 5.92 Å². The first-order valence-electron chi connectivity index (χ1n) is 5.36. The van der Waals surface area contributed by atoms with Gasteiger partial charge in [-0.25, -0.2) is 0 Å². The maximum Gasteiger partial charge on any atom is 0.164 e. The highest BCUT2D eigenvalue weighted by Crippen LogP contribution is 2.37. The minimum Gasteiger partial charge on any atom is -0.376 e. The second-order valence-corrected chi connectivity index (χ2v) is 4.59. The third-order valence-electron chi connectivity index (χ3n) is 2.78. The molecule has 0 radical (unpaired) electrons. The molecule has 1 unspecified atom stereocenters. The van der Waals surface area contributed by atoms with Crippen LogP contribution in [0.1, 0.15) is 30.9 Å². The van der Waals surface area contributed by atoms with Gasteiger partial charge in [0.2, 0.25) is 0 Å². The highest BCUT2D eigenvalue weighted by molar-refractivity contribution is 7.80. The van der Waals surface area contributed by atoms with Crippen LogP contribution >= 0.6 is 12.2 Å². The van der Waals surface area contributed by atoms with E-state index >= 15 is 0 Å². The van der Waals surface area contributed by atoms with Gasteiger partial charge < -0.3 is 11.1 Å². The summed E-state index contributed by atoms with van der Waals surface area (Å²) in [6.07, 6.45) is 3.84. The van der Waals surface area contributed by atoms with Crippen LogP contribution in [0.15, 0.2) is 30.3 Å². The van der Waals surface area contributed by atoms with E-state index in [2.05, 4.69) is 29.6 Å². The zero-order valence-corrected chi connectivity index (χ0v) is 9.46. The SMILES string of the molecule is NC(=S)NC(CC1CC1)c1ccccc1. The molecule has 1 atom stereocenters. The second kappa shape index (κ2) is 4.62. The Balaban J connectivity index is 2.06. The molecule has 80 valence electrons. The summed E-state index contributed by atoms with van der Waals surface area (Å²) in [7, 11) is 0. The zero-order chi connectivity index (χ0) is 10.7. The normalized spacial score (nSPS) is 17.1. The molecule has 1 aromatic rings. The highest BCUT2D eigenvalue weighted by atomic mass is 32.1. The minimum atomic E-state index is 0.288. The van der Waals surface area contributed by atoms with E-state index in [1.165, 1.54) is 18.4 Å². The second-order valence-electron chi connectivity index (χ2n) is 4.15. The third kappa shape index (κ3) is 3.20. The van der Waals surface area contributed by atoms with Gasteiger partial charge in [0.15, 0.2) is 5.11 Å². The molecule has 0 amide bonds. The van der Waals surface area contributed by atoms with Gasteiger partial charge in [-0.3, -0.25) is 0 Å². The van der Waals surface area contributed by atoms with Gasteiger partial charge in [0, 0.05) is 0 Å².